The number of carbonyl (C=O) groups excluding carboxylic acids is 3. The number of carbonyl (C=O) groups is 3. The molecule has 12 nitrogen and oxygen atoms in total. The molecule has 0 saturated carbocycles. The molecule has 0 atom stereocenters. The van der Waals surface area contributed by atoms with Gasteiger partial charge in [0.2, 0.25) is 0 Å². The first-order valence-corrected chi connectivity index (χ1v) is 25.2. The molecule has 0 spiro atoms. The van der Waals surface area contributed by atoms with Crippen molar-refractivity contribution in [2.24, 2.45) is 5.73 Å². The summed E-state index contributed by atoms with van der Waals surface area (Å²) in [6.45, 7) is 9.28. The van der Waals surface area contributed by atoms with E-state index in [9.17, 15) is 40.7 Å². The normalized spacial score (nSPS) is 17.0. The topological polar surface area (TPSA) is 145 Å². The molecule has 4 aliphatic heterocycles. The monoisotopic (exact) mass is 1090 g/mol. The number of nitrogens with two attached hydrogens (primary N) is 1. The third-order valence-corrected chi connectivity index (χ3v) is 14.1. The van der Waals surface area contributed by atoms with Crippen LogP contribution in [0.15, 0.2) is 97.1 Å². The number of fused-ring (bicyclic) bond motifs is 2. The Morgan fingerprint density at radius 1 is 0.547 bits per heavy atom. The lowest BCUT2D eigenvalue weighted by Gasteiger charge is -2.23. The highest BCUT2D eigenvalue weighted by atomic mass is 35.5. The number of ether oxygens (including phenoxy) is 4. The maximum absolute atomic E-state index is 12.9. The molecule has 20 heteroatoms. The van der Waals surface area contributed by atoms with Crippen molar-refractivity contribution in [3.8, 4) is 0 Å². The van der Waals surface area contributed by atoms with Gasteiger partial charge in [-0.1, -0.05) is 108 Å². The van der Waals surface area contributed by atoms with Crippen molar-refractivity contribution in [1.29, 1.82) is 0 Å². The Kier molecular flexibility index (Phi) is 18.6. The summed E-state index contributed by atoms with van der Waals surface area (Å²) in [6, 6.07) is 30.1. The Hall–Kier alpha value is -5.73. The second kappa shape index (κ2) is 24.5. The van der Waals surface area contributed by atoms with Crippen LogP contribution in [-0.2, 0) is 85.4 Å². The van der Waals surface area contributed by atoms with Gasteiger partial charge in [0.15, 0.2) is 17.4 Å². The lowest BCUT2D eigenvalue weighted by Crippen LogP contribution is -2.42. The summed E-state index contributed by atoms with van der Waals surface area (Å²) in [5, 5.41) is 7.57. The molecule has 5 aromatic carbocycles. The highest BCUT2D eigenvalue weighted by molar-refractivity contribution is 6.33. The Morgan fingerprint density at radius 2 is 0.893 bits per heavy atom. The van der Waals surface area contributed by atoms with Crippen molar-refractivity contribution in [2.45, 2.75) is 90.0 Å². The molecule has 0 aromatic heterocycles. The average molecular weight is 1090 g/mol. The molecule has 0 bridgehead atoms. The summed E-state index contributed by atoms with van der Waals surface area (Å²) < 4.78 is 99.4. The molecule has 0 radical (unpaired) electrons. The predicted molar refractivity (Wildman–Crippen MR) is 273 cm³/mol. The molecular weight excluding hydrogens is 1030 g/mol. The van der Waals surface area contributed by atoms with Crippen LogP contribution in [0.5, 0.6) is 0 Å². The minimum Gasteiger partial charge on any atom is -0.380 e. The molecule has 4 aliphatic rings. The molecule has 2 fully saturated rings. The Balaban J connectivity index is 0.000000176. The number of nitrogens with one attached hydrogen (secondary N) is 2. The number of ketones is 1. The van der Waals surface area contributed by atoms with Crippen LogP contribution in [0.25, 0.3) is 0 Å². The minimum absolute atomic E-state index is 0.00630. The summed E-state index contributed by atoms with van der Waals surface area (Å²) in [5.41, 5.74) is 16.0. The molecule has 2 saturated heterocycles. The van der Waals surface area contributed by atoms with Gasteiger partial charge in [-0.15, -0.1) is 0 Å². The van der Waals surface area contributed by atoms with Crippen molar-refractivity contribution >= 4 is 52.2 Å². The van der Waals surface area contributed by atoms with Crippen molar-refractivity contribution in [3.05, 3.63) is 163 Å². The number of halogens is 8. The van der Waals surface area contributed by atoms with E-state index in [1.54, 1.807) is 30.3 Å². The zero-order valence-electron chi connectivity index (χ0n) is 41.7. The zero-order valence-corrected chi connectivity index (χ0v) is 43.2. The van der Waals surface area contributed by atoms with Gasteiger partial charge in [0.05, 0.1) is 47.8 Å². The standard InChI is InChI=1S/C23H24ClF3N2O3.C21H20ClF3N2O2.C11H15NO2/c1-22(31-12-13-32-22)17-5-2-15(3-6-17)14-28-20-18-9-11-29(21(30)23(25,26)27)10-8-16(18)4-7-19(20)24;1-13(28)15-4-2-14(3-5-15)12-26-19-17-9-11-27(20(29)21(23,24)25)10-8-16(17)6-7-18(19)22;1-11(13-6-7-14-11)10-4-2-9(8-12)3-5-10/h2-7,28H,8-14H2,1H3;2-7,26H,8-12H2,1H3;2-5H,6-8,12H2,1H3. The summed E-state index contributed by atoms with van der Waals surface area (Å²) in [4.78, 5) is 36.4. The molecule has 5 aromatic rings. The van der Waals surface area contributed by atoms with E-state index in [0.29, 0.717) is 92.3 Å². The molecular formula is C55H59Cl2F6N5O7. The van der Waals surface area contributed by atoms with Crippen LogP contribution in [-0.4, -0.2) is 92.4 Å². The fourth-order valence-electron chi connectivity index (χ4n) is 9.21. The molecule has 2 amide bonds. The van der Waals surface area contributed by atoms with Gasteiger partial charge < -0.3 is 45.1 Å². The van der Waals surface area contributed by atoms with Crippen LogP contribution in [0.1, 0.15) is 81.2 Å². The maximum Gasteiger partial charge on any atom is 0.471 e. The van der Waals surface area contributed by atoms with Crippen LogP contribution in [0, 0.1) is 0 Å². The van der Waals surface area contributed by atoms with Crippen LogP contribution >= 0.6 is 23.2 Å². The van der Waals surface area contributed by atoms with Gasteiger partial charge in [-0.05, 0) is 97.5 Å². The Bertz CT molecular complexity index is 2790. The first-order chi connectivity index (χ1) is 35.6. The van der Waals surface area contributed by atoms with Crippen molar-refractivity contribution in [1.82, 2.24) is 9.80 Å². The van der Waals surface area contributed by atoms with Crippen LogP contribution in [0.2, 0.25) is 10.0 Å². The Morgan fingerprint density at radius 3 is 1.24 bits per heavy atom. The second-order valence-electron chi connectivity index (χ2n) is 18.5. The number of nitrogens with zero attached hydrogens (tertiary/aromatic N) is 2. The summed E-state index contributed by atoms with van der Waals surface area (Å²) in [5.74, 6) is -4.91. The van der Waals surface area contributed by atoms with Gasteiger partial charge >= 0.3 is 24.2 Å². The van der Waals surface area contributed by atoms with Crippen molar-refractivity contribution in [2.75, 3.05) is 63.2 Å². The van der Waals surface area contributed by atoms with Crippen molar-refractivity contribution in [3.63, 3.8) is 0 Å². The first-order valence-electron chi connectivity index (χ1n) is 24.4. The van der Waals surface area contributed by atoms with Gasteiger partial charge in [0.25, 0.3) is 0 Å². The third-order valence-electron chi connectivity index (χ3n) is 13.5. The molecule has 75 heavy (non-hydrogen) atoms. The number of benzene rings is 5. The van der Waals surface area contributed by atoms with E-state index in [1.807, 2.05) is 80.6 Å². The average Bonchev–Trinajstić information content (AvgIpc) is 3.91. The molecule has 0 unspecified atom stereocenters. The molecule has 0 aliphatic carbocycles. The fraction of sp³-hybridized carbons (Fsp3) is 0.400. The first kappa shape index (κ1) is 57.0. The lowest BCUT2D eigenvalue weighted by atomic mass is 10.0. The van der Waals surface area contributed by atoms with Gasteiger partial charge in [-0.25, -0.2) is 0 Å². The van der Waals surface area contributed by atoms with Crippen molar-refractivity contribution < 1.29 is 59.7 Å². The van der Waals surface area contributed by atoms with Gasteiger partial charge in [0, 0.05) is 62.5 Å². The zero-order chi connectivity index (χ0) is 54.1. The maximum atomic E-state index is 12.9. The van der Waals surface area contributed by atoms with Crippen LogP contribution in [0.3, 0.4) is 0 Å². The van der Waals surface area contributed by atoms with Crippen LogP contribution < -0.4 is 16.4 Å². The number of hydrogen-bond donors (Lipinski definition) is 3. The highest BCUT2D eigenvalue weighted by Crippen LogP contribution is 2.36. The number of anilines is 2. The van der Waals surface area contributed by atoms with Gasteiger partial charge in [0.1, 0.15) is 0 Å². The van der Waals surface area contributed by atoms with E-state index in [0.717, 1.165) is 59.9 Å². The summed E-state index contributed by atoms with van der Waals surface area (Å²) in [7, 11) is 0. The number of Topliss-reactive ketones (excluding diaryl/α,β-unsaturated/α-hetero) is 1. The molecule has 4 heterocycles. The summed E-state index contributed by atoms with van der Waals surface area (Å²) in [6.07, 6.45) is -8.49. The second-order valence-corrected chi connectivity index (χ2v) is 19.4. The number of alkyl halides is 6. The molecule has 4 N–H and O–H groups in total. The smallest absolute Gasteiger partial charge is 0.380 e. The largest absolute Gasteiger partial charge is 0.471 e. The summed E-state index contributed by atoms with van der Waals surface area (Å²) >= 11 is 12.8. The molecule has 9 rings (SSSR count). The van der Waals surface area contributed by atoms with Gasteiger partial charge in [-0.2, -0.15) is 26.3 Å². The highest BCUT2D eigenvalue weighted by Gasteiger charge is 2.44. The number of amides is 2. The minimum atomic E-state index is -4.87. The van der Waals surface area contributed by atoms with E-state index >= 15 is 0 Å². The Labute approximate surface area is 441 Å². The van der Waals surface area contributed by atoms with Gasteiger partial charge in [-0.3, -0.25) is 14.4 Å². The van der Waals surface area contributed by atoms with E-state index in [2.05, 4.69) is 10.6 Å². The van der Waals surface area contributed by atoms with E-state index in [4.69, 9.17) is 47.9 Å². The van der Waals surface area contributed by atoms with Crippen LogP contribution in [0.4, 0.5) is 37.7 Å². The lowest BCUT2D eigenvalue weighted by molar-refractivity contribution is -0.185. The fourth-order valence-corrected chi connectivity index (χ4v) is 9.70. The van der Waals surface area contributed by atoms with E-state index < -0.39 is 35.7 Å². The third kappa shape index (κ3) is 14.4. The SMILES string of the molecule is CC(=O)c1ccc(CNc2c(Cl)ccc3c2CCN(C(=O)C(F)(F)F)CC3)cc1.CC1(c2ccc(CN)cc2)OCCO1.CC1(c2ccc(CNc3c(Cl)ccc4c3CCN(C(=O)C(F)(F)F)CC4)cc2)OCCO1. The quantitative estimate of drug-likeness (QED) is 0.0913. The number of hydrogen-bond acceptors (Lipinski definition) is 10. The van der Waals surface area contributed by atoms with E-state index in [1.165, 1.54) is 6.92 Å². The van der Waals surface area contributed by atoms with E-state index in [-0.39, 0.29) is 38.4 Å². The predicted octanol–water partition coefficient (Wildman–Crippen LogP) is 10.7. The molecule has 402 valence electrons. The number of rotatable bonds is 10.